The number of ketones is 1. The highest BCUT2D eigenvalue weighted by atomic mass is 16.1. The number of aromatic nitrogens is 3. The highest BCUT2D eigenvalue weighted by molar-refractivity contribution is 5.96. The summed E-state index contributed by atoms with van der Waals surface area (Å²) in [5.41, 5.74) is 0.768. The van der Waals surface area contributed by atoms with Crippen LogP contribution < -0.4 is 0 Å². The lowest BCUT2D eigenvalue weighted by atomic mass is 10.2. The highest BCUT2D eigenvalue weighted by Crippen LogP contribution is 2.11. The minimum Gasteiger partial charge on any atom is -0.348 e. The molecule has 0 unspecified atom stereocenters. The molecule has 0 atom stereocenters. The van der Waals surface area contributed by atoms with Crippen LogP contribution in [0.1, 0.15) is 16.3 Å². The SMILES string of the molecule is Cn1cccc1C(=O)CN1CCn2ccnc2C1. The predicted molar refractivity (Wildman–Crippen MR) is 67.2 cm³/mol. The van der Waals surface area contributed by atoms with Gasteiger partial charge >= 0.3 is 0 Å². The number of Topliss-reactive ketones (excluding diaryl/α,β-unsaturated/α-hetero) is 1. The van der Waals surface area contributed by atoms with E-state index in [-0.39, 0.29) is 5.78 Å². The molecule has 0 amide bonds. The lowest BCUT2D eigenvalue weighted by molar-refractivity contribution is 0.0900. The molecule has 18 heavy (non-hydrogen) atoms. The second kappa shape index (κ2) is 4.42. The summed E-state index contributed by atoms with van der Waals surface area (Å²) < 4.78 is 4.01. The summed E-state index contributed by atoms with van der Waals surface area (Å²) in [6.07, 6.45) is 5.71. The Morgan fingerprint density at radius 1 is 1.39 bits per heavy atom. The lowest BCUT2D eigenvalue weighted by Crippen LogP contribution is -2.37. The monoisotopic (exact) mass is 244 g/mol. The van der Waals surface area contributed by atoms with Crippen molar-refractivity contribution in [2.45, 2.75) is 13.1 Å². The van der Waals surface area contributed by atoms with Crippen molar-refractivity contribution in [1.29, 1.82) is 0 Å². The van der Waals surface area contributed by atoms with E-state index in [0.717, 1.165) is 31.2 Å². The number of rotatable bonds is 3. The third-order valence-electron chi connectivity index (χ3n) is 3.42. The van der Waals surface area contributed by atoms with Crippen molar-refractivity contribution in [3.8, 4) is 0 Å². The van der Waals surface area contributed by atoms with Crippen molar-refractivity contribution in [1.82, 2.24) is 19.0 Å². The fourth-order valence-electron chi connectivity index (χ4n) is 2.39. The van der Waals surface area contributed by atoms with Gasteiger partial charge in [-0.1, -0.05) is 0 Å². The summed E-state index contributed by atoms with van der Waals surface area (Å²) in [6.45, 7) is 3.03. The van der Waals surface area contributed by atoms with Crippen LogP contribution in [0.3, 0.4) is 0 Å². The average molecular weight is 244 g/mol. The molecule has 2 aromatic rings. The normalized spacial score (nSPS) is 15.6. The molecule has 5 nitrogen and oxygen atoms in total. The third kappa shape index (κ3) is 1.97. The summed E-state index contributed by atoms with van der Waals surface area (Å²) >= 11 is 0. The van der Waals surface area contributed by atoms with Gasteiger partial charge in [0.2, 0.25) is 0 Å². The van der Waals surface area contributed by atoms with E-state index in [1.165, 1.54) is 0 Å². The van der Waals surface area contributed by atoms with Gasteiger partial charge in [-0.05, 0) is 12.1 Å². The molecule has 3 heterocycles. The van der Waals surface area contributed by atoms with Crippen LogP contribution >= 0.6 is 0 Å². The van der Waals surface area contributed by atoms with Crippen molar-refractivity contribution >= 4 is 5.78 Å². The number of nitrogens with zero attached hydrogens (tertiary/aromatic N) is 4. The van der Waals surface area contributed by atoms with Gasteiger partial charge < -0.3 is 9.13 Å². The Hall–Kier alpha value is -1.88. The molecule has 5 heteroatoms. The Labute approximate surface area is 106 Å². The molecule has 1 aliphatic heterocycles. The number of hydrogen-bond acceptors (Lipinski definition) is 3. The Bertz CT molecular complexity index is 569. The van der Waals surface area contributed by atoms with Gasteiger partial charge in [-0.2, -0.15) is 0 Å². The second-order valence-corrected chi connectivity index (χ2v) is 4.68. The number of hydrogen-bond donors (Lipinski definition) is 0. The van der Waals surface area contributed by atoms with E-state index in [1.807, 2.05) is 42.3 Å². The largest absolute Gasteiger partial charge is 0.348 e. The number of imidazole rings is 1. The molecule has 3 rings (SSSR count). The second-order valence-electron chi connectivity index (χ2n) is 4.68. The Morgan fingerprint density at radius 2 is 2.28 bits per heavy atom. The van der Waals surface area contributed by atoms with Crippen LogP contribution in [-0.4, -0.2) is 37.9 Å². The van der Waals surface area contributed by atoms with Crippen LogP contribution in [0, 0.1) is 0 Å². The summed E-state index contributed by atoms with van der Waals surface area (Å²) in [6, 6.07) is 3.77. The molecule has 0 radical (unpaired) electrons. The first-order chi connectivity index (χ1) is 8.74. The van der Waals surface area contributed by atoms with E-state index >= 15 is 0 Å². The summed E-state index contributed by atoms with van der Waals surface area (Å²) in [5, 5.41) is 0. The minimum absolute atomic E-state index is 0.169. The van der Waals surface area contributed by atoms with Gasteiger partial charge in [0, 0.05) is 38.7 Å². The van der Waals surface area contributed by atoms with Crippen LogP contribution in [0.2, 0.25) is 0 Å². The smallest absolute Gasteiger partial charge is 0.193 e. The zero-order chi connectivity index (χ0) is 12.5. The van der Waals surface area contributed by atoms with Gasteiger partial charge in [0.05, 0.1) is 18.8 Å². The van der Waals surface area contributed by atoms with Crippen molar-refractivity contribution in [3.05, 3.63) is 42.2 Å². The van der Waals surface area contributed by atoms with Crippen LogP contribution in [0.4, 0.5) is 0 Å². The van der Waals surface area contributed by atoms with Gasteiger partial charge in [-0.3, -0.25) is 9.69 Å². The van der Waals surface area contributed by atoms with E-state index in [1.54, 1.807) is 0 Å². The highest BCUT2D eigenvalue weighted by Gasteiger charge is 2.20. The fourth-order valence-corrected chi connectivity index (χ4v) is 2.39. The Kier molecular flexibility index (Phi) is 2.76. The average Bonchev–Trinajstić information content (AvgIpc) is 2.96. The standard InChI is InChI=1S/C13H16N4O/c1-15-5-2-3-11(15)12(18)9-16-7-8-17-6-4-14-13(17)10-16/h2-6H,7-10H2,1H3. The molecule has 0 N–H and O–H groups in total. The molecule has 0 bridgehead atoms. The lowest BCUT2D eigenvalue weighted by Gasteiger charge is -2.26. The zero-order valence-electron chi connectivity index (χ0n) is 10.4. The third-order valence-corrected chi connectivity index (χ3v) is 3.42. The van der Waals surface area contributed by atoms with E-state index in [9.17, 15) is 4.79 Å². The van der Waals surface area contributed by atoms with E-state index < -0.39 is 0 Å². The molecule has 0 spiro atoms. The summed E-state index contributed by atoms with van der Waals surface area (Å²) in [7, 11) is 1.90. The predicted octanol–water partition coefficient (Wildman–Crippen LogP) is 0.920. The van der Waals surface area contributed by atoms with Gasteiger partial charge in [-0.15, -0.1) is 0 Å². The molecule has 94 valence electrons. The van der Waals surface area contributed by atoms with E-state index in [4.69, 9.17) is 0 Å². The maximum absolute atomic E-state index is 12.2. The number of fused-ring (bicyclic) bond motifs is 1. The van der Waals surface area contributed by atoms with Gasteiger partial charge in [0.15, 0.2) is 5.78 Å². The number of carbonyl (C=O) groups excluding carboxylic acids is 1. The molecule has 0 aromatic carbocycles. The molecule has 2 aromatic heterocycles. The first-order valence-corrected chi connectivity index (χ1v) is 6.11. The molecular formula is C13H16N4O. The maximum atomic E-state index is 12.2. The molecule has 1 aliphatic rings. The summed E-state index contributed by atoms with van der Waals surface area (Å²) in [5.74, 6) is 1.21. The first-order valence-electron chi connectivity index (χ1n) is 6.11. The van der Waals surface area contributed by atoms with Gasteiger partial charge in [-0.25, -0.2) is 4.98 Å². The Morgan fingerprint density at radius 3 is 3.06 bits per heavy atom. The van der Waals surface area contributed by atoms with Crippen LogP contribution in [0.5, 0.6) is 0 Å². The van der Waals surface area contributed by atoms with Gasteiger partial charge in [0.25, 0.3) is 0 Å². The maximum Gasteiger partial charge on any atom is 0.193 e. The van der Waals surface area contributed by atoms with Gasteiger partial charge in [0.1, 0.15) is 5.82 Å². The zero-order valence-corrected chi connectivity index (χ0v) is 10.4. The first kappa shape index (κ1) is 11.2. The van der Waals surface area contributed by atoms with Crippen molar-refractivity contribution in [3.63, 3.8) is 0 Å². The van der Waals surface area contributed by atoms with E-state index in [0.29, 0.717) is 6.54 Å². The molecular weight excluding hydrogens is 228 g/mol. The summed E-state index contributed by atoms with van der Waals surface area (Å²) in [4.78, 5) is 18.6. The van der Waals surface area contributed by atoms with Crippen molar-refractivity contribution < 1.29 is 4.79 Å². The number of carbonyl (C=O) groups is 1. The number of aryl methyl sites for hydroxylation is 1. The molecule has 0 aliphatic carbocycles. The minimum atomic E-state index is 0.169. The van der Waals surface area contributed by atoms with Crippen LogP contribution in [0.25, 0.3) is 0 Å². The Balaban J connectivity index is 1.68. The van der Waals surface area contributed by atoms with Crippen molar-refractivity contribution in [2.75, 3.05) is 13.1 Å². The fraction of sp³-hybridized carbons (Fsp3) is 0.385. The van der Waals surface area contributed by atoms with E-state index in [2.05, 4.69) is 14.5 Å². The molecule has 0 fully saturated rings. The molecule has 0 saturated carbocycles. The van der Waals surface area contributed by atoms with Crippen LogP contribution in [0.15, 0.2) is 30.7 Å². The quantitative estimate of drug-likeness (QED) is 0.754. The molecule has 0 saturated heterocycles. The topological polar surface area (TPSA) is 43.1 Å². The van der Waals surface area contributed by atoms with Crippen molar-refractivity contribution in [2.24, 2.45) is 7.05 Å². The van der Waals surface area contributed by atoms with Crippen LogP contribution in [-0.2, 0) is 20.1 Å².